The first kappa shape index (κ1) is 12.5. The van der Waals surface area contributed by atoms with Gasteiger partial charge in [0.25, 0.3) is 0 Å². The maximum Gasteiger partial charge on any atom is 0.141 e. The fourth-order valence-corrected chi connectivity index (χ4v) is 2.11. The molecule has 0 spiro atoms. The zero-order valence-corrected chi connectivity index (χ0v) is 12.0. The summed E-state index contributed by atoms with van der Waals surface area (Å²) >= 11 is 9.45. The number of hydrogen-bond acceptors (Lipinski definition) is 2. The molecule has 90 valence electrons. The standard InChI is InChI=1S/C12H13BrClN3/c1-7-11(14)12(15)17(16-7)8(2)9-3-5-10(13)6-4-9/h3-6,8H,15H2,1-2H3. The van der Waals surface area contributed by atoms with Crippen molar-refractivity contribution >= 4 is 33.3 Å². The number of benzene rings is 1. The minimum atomic E-state index is 0.0642. The molecule has 0 aliphatic carbocycles. The Morgan fingerprint density at radius 3 is 2.41 bits per heavy atom. The second-order valence-corrected chi connectivity index (χ2v) is 5.25. The van der Waals surface area contributed by atoms with E-state index in [2.05, 4.69) is 21.0 Å². The van der Waals surface area contributed by atoms with Crippen LogP contribution in [0.1, 0.15) is 24.2 Å². The molecule has 2 rings (SSSR count). The molecular weight excluding hydrogens is 302 g/mol. The Morgan fingerprint density at radius 1 is 1.35 bits per heavy atom. The van der Waals surface area contributed by atoms with Gasteiger partial charge in [0.1, 0.15) is 10.8 Å². The van der Waals surface area contributed by atoms with Gasteiger partial charge in [-0.1, -0.05) is 39.7 Å². The van der Waals surface area contributed by atoms with E-state index in [1.54, 1.807) is 4.68 Å². The molecule has 1 heterocycles. The second-order valence-electron chi connectivity index (χ2n) is 3.96. The molecule has 17 heavy (non-hydrogen) atoms. The topological polar surface area (TPSA) is 43.8 Å². The first-order valence-electron chi connectivity index (χ1n) is 5.26. The highest BCUT2D eigenvalue weighted by molar-refractivity contribution is 9.10. The van der Waals surface area contributed by atoms with E-state index in [0.29, 0.717) is 10.8 Å². The Kier molecular flexibility index (Phi) is 3.45. The van der Waals surface area contributed by atoms with E-state index in [4.69, 9.17) is 17.3 Å². The van der Waals surface area contributed by atoms with Crippen LogP contribution in [0.5, 0.6) is 0 Å². The second kappa shape index (κ2) is 4.70. The number of aryl methyl sites for hydroxylation is 1. The van der Waals surface area contributed by atoms with Crippen LogP contribution in [0.15, 0.2) is 28.7 Å². The largest absolute Gasteiger partial charge is 0.383 e. The van der Waals surface area contributed by atoms with Crippen molar-refractivity contribution in [1.82, 2.24) is 9.78 Å². The average molecular weight is 315 g/mol. The summed E-state index contributed by atoms with van der Waals surface area (Å²) in [5.74, 6) is 0.514. The van der Waals surface area contributed by atoms with Crippen molar-refractivity contribution in [2.75, 3.05) is 5.73 Å². The molecule has 1 unspecified atom stereocenters. The summed E-state index contributed by atoms with van der Waals surface area (Å²) < 4.78 is 2.80. The molecule has 0 fully saturated rings. The lowest BCUT2D eigenvalue weighted by molar-refractivity contribution is 0.569. The third-order valence-electron chi connectivity index (χ3n) is 2.77. The highest BCUT2D eigenvalue weighted by Gasteiger charge is 2.16. The minimum absolute atomic E-state index is 0.0642. The summed E-state index contributed by atoms with van der Waals surface area (Å²) in [6.45, 7) is 3.89. The third-order valence-corrected chi connectivity index (χ3v) is 3.76. The van der Waals surface area contributed by atoms with E-state index in [-0.39, 0.29) is 6.04 Å². The Balaban J connectivity index is 2.40. The lowest BCUT2D eigenvalue weighted by Gasteiger charge is -2.14. The van der Waals surface area contributed by atoms with E-state index in [0.717, 1.165) is 15.7 Å². The number of halogens is 2. The monoisotopic (exact) mass is 313 g/mol. The Bertz CT molecular complexity index is 533. The number of nitrogen functional groups attached to an aromatic ring is 1. The summed E-state index contributed by atoms with van der Waals surface area (Å²) in [5.41, 5.74) is 7.83. The first-order valence-corrected chi connectivity index (χ1v) is 6.43. The number of nitrogens with zero attached hydrogens (tertiary/aromatic N) is 2. The van der Waals surface area contributed by atoms with E-state index >= 15 is 0 Å². The van der Waals surface area contributed by atoms with Crippen molar-refractivity contribution in [2.45, 2.75) is 19.9 Å². The average Bonchev–Trinajstić information content (AvgIpc) is 2.57. The van der Waals surface area contributed by atoms with Gasteiger partial charge in [0.05, 0.1) is 11.7 Å². The van der Waals surface area contributed by atoms with Crippen LogP contribution < -0.4 is 5.73 Å². The zero-order valence-electron chi connectivity index (χ0n) is 9.61. The lowest BCUT2D eigenvalue weighted by Crippen LogP contribution is -2.11. The Labute approximate surface area is 114 Å². The summed E-state index contributed by atoms with van der Waals surface area (Å²) in [7, 11) is 0. The zero-order chi connectivity index (χ0) is 12.6. The summed E-state index contributed by atoms with van der Waals surface area (Å²) in [6.07, 6.45) is 0. The molecule has 3 nitrogen and oxygen atoms in total. The molecule has 0 aliphatic rings. The summed E-state index contributed by atoms with van der Waals surface area (Å²) in [4.78, 5) is 0. The van der Waals surface area contributed by atoms with Crippen LogP contribution >= 0.6 is 27.5 Å². The van der Waals surface area contributed by atoms with Crippen LogP contribution in [0.2, 0.25) is 5.02 Å². The van der Waals surface area contributed by atoms with Crippen molar-refractivity contribution in [3.8, 4) is 0 Å². The van der Waals surface area contributed by atoms with Crippen molar-refractivity contribution in [3.05, 3.63) is 45.0 Å². The van der Waals surface area contributed by atoms with Gasteiger partial charge >= 0.3 is 0 Å². The predicted molar refractivity (Wildman–Crippen MR) is 74.3 cm³/mol. The van der Waals surface area contributed by atoms with Gasteiger partial charge in [0.2, 0.25) is 0 Å². The van der Waals surface area contributed by atoms with E-state index < -0.39 is 0 Å². The predicted octanol–water partition coefficient (Wildman–Crippen LogP) is 3.80. The van der Waals surface area contributed by atoms with Crippen LogP contribution in [-0.4, -0.2) is 9.78 Å². The summed E-state index contributed by atoms with van der Waals surface area (Å²) in [5, 5.41) is 4.89. The molecule has 0 amide bonds. The molecular formula is C12H13BrClN3. The number of hydrogen-bond donors (Lipinski definition) is 1. The third kappa shape index (κ3) is 2.33. The van der Waals surface area contributed by atoms with Gasteiger partial charge in [-0.3, -0.25) is 0 Å². The highest BCUT2D eigenvalue weighted by Crippen LogP contribution is 2.28. The van der Waals surface area contributed by atoms with Gasteiger partial charge in [0, 0.05) is 4.47 Å². The van der Waals surface area contributed by atoms with Crippen LogP contribution in [0.25, 0.3) is 0 Å². The fraction of sp³-hybridized carbons (Fsp3) is 0.250. The normalized spacial score (nSPS) is 12.7. The van der Waals surface area contributed by atoms with Crippen LogP contribution in [0.3, 0.4) is 0 Å². The quantitative estimate of drug-likeness (QED) is 0.916. The molecule has 2 N–H and O–H groups in total. The maximum atomic E-state index is 6.04. The van der Waals surface area contributed by atoms with Gasteiger partial charge in [-0.05, 0) is 31.5 Å². The molecule has 0 saturated heterocycles. The SMILES string of the molecule is Cc1nn(C(C)c2ccc(Br)cc2)c(N)c1Cl. The minimum Gasteiger partial charge on any atom is -0.383 e. The molecule has 5 heteroatoms. The fourth-order valence-electron chi connectivity index (χ4n) is 1.72. The molecule has 0 radical (unpaired) electrons. The Morgan fingerprint density at radius 2 is 1.94 bits per heavy atom. The molecule has 0 bridgehead atoms. The summed E-state index contributed by atoms with van der Waals surface area (Å²) in [6, 6.07) is 8.15. The molecule has 1 aromatic heterocycles. The van der Waals surface area contributed by atoms with Crippen molar-refractivity contribution in [3.63, 3.8) is 0 Å². The first-order chi connectivity index (χ1) is 8.00. The van der Waals surface area contributed by atoms with Crippen molar-refractivity contribution in [1.29, 1.82) is 0 Å². The maximum absolute atomic E-state index is 6.04. The molecule has 0 saturated carbocycles. The number of nitrogens with two attached hydrogens (primary N) is 1. The van der Waals surface area contributed by atoms with Gasteiger partial charge in [0.15, 0.2) is 0 Å². The van der Waals surface area contributed by atoms with Crippen molar-refractivity contribution < 1.29 is 0 Å². The van der Waals surface area contributed by atoms with Gasteiger partial charge in [-0.2, -0.15) is 5.10 Å². The van der Waals surface area contributed by atoms with Crippen LogP contribution in [0, 0.1) is 6.92 Å². The van der Waals surface area contributed by atoms with Gasteiger partial charge < -0.3 is 5.73 Å². The van der Waals surface area contributed by atoms with E-state index in [9.17, 15) is 0 Å². The van der Waals surface area contributed by atoms with Crippen LogP contribution in [-0.2, 0) is 0 Å². The molecule has 2 aromatic rings. The van der Waals surface area contributed by atoms with E-state index in [1.165, 1.54) is 0 Å². The number of aromatic nitrogens is 2. The van der Waals surface area contributed by atoms with Crippen LogP contribution in [0.4, 0.5) is 5.82 Å². The number of anilines is 1. The molecule has 1 aromatic carbocycles. The number of rotatable bonds is 2. The van der Waals surface area contributed by atoms with Crippen molar-refractivity contribution in [2.24, 2.45) is 0 Å². The Hall–Kier alpha value is -1.00. The molecule has 1 atom stereocenters. The molecule has 0 aliphatic heterocycles. The van der Waals surface area contributed by atoms with Gasteiger partial charge in [-0.25, -0.2) is 4.68 Å². The van der Waals surface area contributed by atoms with Gasteiger partial charge in [-0.15, -0.1) is 0 Å². The smallest absolute Gasteiger partial charge is 0.141 e. The van der Waals surface area contributed by atoms with E-state index in [1.807, 2.05) is 38.1 Å². The highest BCUT2D eigenvalue weighted by atomic mass is 79.9. The lowest BCUT2D eigenvalue weighted by atomic mass is 10.1.